The highest BCUT2D eigenvalue weighted by molar-refractivity contribution is 5.45. The highest BCUT2D eigenvalue weighted by Gasteiger charge is 2.22. The second-order valence-electron chi connectivity index (χ2n) is 5.01. The van der Waals surface area contributed by atoms with Crippen molar-refractivity contribution in [2.45, 2.75) is 19.5 Å². The maximum Gasteiger partial charge on any atom is 0.231 e. The van der Waals surface area contributed by atoms with Gasteiger partial charge in [-0.05, 0) is 36.4 Å². The van der Waals surface area contributed by atoms with Crippen LogP contribution < -0.4 is 15.2 Å². The van der Waals surface area contributed by atoms with Gasteiger partial charge in [0.15, 0.2) is 11.5 Å². The van der Waals surface area contributed by atoms with Crippen molar-refractivity contribution in [3.8, 4) is 11.5 Å². The Morgan fingerprint density at radius 1 is 1.24 bits per heavy atom. The van der Waals surface area contributed by atoms with Crippen LogP contribution in [0.2, 0.25) is 0 Å². The summed E-state index contributed by atoms with van der Waals surface area (Å²) in [5, 5.41) is 0. The number of hydrogen-bond donors (Lipinski definition) is 1. The van der Waals surface area contributed by atoms with E-state index in [0.717, 1.165) is 35.9 Å². The Balaban J connectivity index is 1.82. The molecule has 0 bridgehead atoms. The highest BCUT2D eigenvalue weighted by atomic mass is 16.7. The van der Waals surface area contributed by atoms with Crippen LogP contribution >= 0.6 is 0 Å². The number of nitrogens with two attached hydrogens (primary N) is 1. The molecule has 0 aliphatic carbocycles. The minimum atomic E-state index is 0.120. The first-order chi connectivity index (χ1) is 10.3. The van der Waals surface area contributed by atoms with Crippen molar-refractivity contribution in [1.29, 1.82) is 0 Å². The van der Waals surface area contributed by atoms with Gasteiger partial charge in [-0.1, -0.05) is 13.0 Å². The monoisotopic (exact) mass is 288 g/mol. The number of rotatable bonds is 6. The molecule has 1 aromatic heterocycles. The second-order valence-corrected chi connectivity index (χ2v) is 5.01. The lowest BCUT2D eigenvalue weighted by Gasteiger charge is -2.29. The van der Waals surface area contributed by atoms with Gasteiger partial charge >= 0.3 is 0 Å². The van der Waals surface area contributed by atoms with Crippen LogP contribution in [-0.4, -0.2) is 24.8 Å². The molecule has 21 heavy (non-hydrogen) atoms. The fourth-order valence-electron chi connectivity index (χ4n) is 2.66. The zero-order chi connectivity index (χ0) is 14.7. The van der Waals surface area contributed by atoms with Crippen LogP contribution in [0.15, 0.2) is 41.0 Å². The first kappa shape index (κ1) is 14.0. The molecule has 1 unspecified atom stereocenters. The van der Waals surface area contributed by atoms with E-state index >= 15 is 0 Å². The van der Waals surface area contributed by atoms with Crippen molar-refractivity contribution >= 4 is 0 Å². The van der Waals surface area contributed by atoms with E-state index in [4.69, 9.17) is 19.6 Å². The van der Waals surface area contributed by atoms with Crippen molar-refractivity contribution in [3.63, 3.8) is 0 Å². The van der Waals surface area contributed by atoms with Gasteiger partial charge in [-0.2, -0.15) is 0 Å². The van der Waals surface area contributed by atoms with Gasteiger partial charge in [0.2, 0.25) is 6.79 Å². The molecule has 0 amide bonds. The van der Waals surface area contributed by atoms with Gasteiger partial charge in [0, 0.05) is 12.6 Å². The molecule has 5 heteroatoms. The van der Waals surface area contributed by atoms with Gasteiger partial charge < -0.3 is 19.6 Å². The fourth-order valence-corrected chi connectivity index (χ4v) is 2.66. The third-order valence-corrected chi connectivity index (χ3v) is 3.79. The number of likely N-dealkylation sites (N-methyl/N-ethyl adjacent to an activating group) is 1. The van der Waals surface area contributed by atoms with E-state index in [1.54, 1.807) is 6.26 Å². The van der Waals surface area contributed by atoms with Crippen molar-refractivity contribution in [2.75, 3.05) is 19.9 Å². The predicted molar refractivity (Wildman–Crippen MR) is 79.2 cm³/mol. The average Bonchev–Trinajstić information content (AvgIpc) is 3.17. The summed E-state index contributed by atoms with van der Waals surface area (Å²) in [6.45, 7) is 4.57. The maximum absolute atomic E-state index is 6.01. The van der Waals surface area contributed by atoms with Crippen LogP contribution in [-0.2, 0) is 6.54 Å². The first-order valence-corrected chi connectivity index (χ1v) is 7.18. The molecule has 2 aromatic rings. The molecule has 0 radical (unpaired) electrons. The number of fused-ring (bicyclic) bond motifs is 1. The zero-order valence-corrected chi connectivity index (χ0v) is 12.1. The fraction of sp³-hybridized carbons (Fsp3) is 0.375. The predicted octanol–water partition coefficient (Wildman–Crippen LogP) is 2.53. The van der Waals surface area contributed by atoms with Gasteiger partial charge in [-0.25, -0.2) is 0 Å². The van der Waals surface area contributed by atoms with Crippen LogP contribution in [0.25, 0.3) is 0 Å². The highest BCUT2D eigenvalue weighted by Crippen LogP contribution is 2.35. The van der Waals surface area contributed by atoms with Crippen LogP contribution in [0.4, 0.5) is 0 Å². The topological polar surface area (TPSA) is 60.9 Å². The normalized spacial score (nSPS) is 14.6. The SMILES string of the molecule is CCN(Cc1ccco1)C(CN)c1ccc2c(c1)OCO2. The molecule has 1 aliphatic heterocycles. The van der Waals surface area contributed by atoms with Crippen molar-refractivity contribution in [2.24, 2.45) is 5.73 Å². The summed E-state index contributed by atoms with van der Waals surface area (Å²) in [5.74, 6) is 2.53. The number of nitrogens with zero attached hydrogens (tertiary/aromatic N) is 1. The Bertz CT molecular complexity index is 583. The molecule has 0 fully saturated rings. The lowest BCUT2D eigenvalue weighted by Crippen LogP contribution is -2.33. The lowest BCUT2D eigenvalue weighted by molar-refractivity contribution is 0.173. The third-order valence-electron chi connectivity index (χ3n) is 3.79. The molecule has 1 aromatic carbocycles. The largest absolute Gasteiger partial charge is 0.468 e. The molecule has 1 aliphatic rings. The molecule has 1 atom stereocenters. The van der Waals surface area contributed by atoms with Gasteiger partial charge in [0.05, 0.1) is 12.8 Å². The average molecular weight is 288 g/mol. The van der Waals surface area contributed by atoms with Crippen LogP contribution in [0.5, 0.6) is 11.5 Å². The van der Waals surface area contributed by atoms with E-state index in [2.05, 4.69) is 17.9 Å². The zero-order valence-electron chi connectivity index (χ0n) is 12.1. The summed E-state index contributed by atoms with van der Waals surface area (Å²) in [6, 6.07) is 10.0. The van der Waals surface area contributed by atoms with Crippen molar-refractivity contribution in [1.82, 2.24) is 4.90 Å². The van der Waals surface area contributed by atoms with E-state index in [1.807, 2.05) is 24.3 Å². The van der Waals surface area contributed by atoms with E-state index in [9.17, 15) is 0 Å². The summed E-state index contributed by atoms with van der Waals surface area (Å²) < 4.78 is 16.3. The van der Waals surface area contributed by atoms with E-state index in [-0.39, 0.29) is 12.8 Å². The Kier molecular flexibility index (Phi) is 4.13. The molecule has 2 heterocycles. The number of hydrogen-bond acceptors (Lipinski definition) is 5. The lowest BCUT2D eigenvalue weighted by atomic mass is 10.0. The molecule has 5 nitrogen and oxygen atoms in total. The minimum Gasteiger partial charge on any atom is -0.468 e. The van der Waals surface area contributed by atoms with Crippen LogP contribution in [0.3, 0.4) is 0 Å². The van der Waals surface area contributed by atoms with Crippen molar-refractivity contribution in [3.05, 3.63) is 47.9 Å². The van der Waals surface area contributed by atoms with Gasteiger partial charge in [0.25, 0.3) is 0 Å². The quantitative estimate of drug-likeness (QED) is 0.885. The van der Waals surface area contributed by atoms with E-state index < -0.39 is 0 Å². The summed E-state index contributed by atoms with van der Waals surface area (Å²) in [7, 11) is 0. The Labute approximate surface area is 124 Å². The maximum atomic E-state index is 6.01. The second kappa shape index (κ2) is 6.20. The molecule has 0 saturated carbocycles. The van der Waals surface area contributed by atoms with Crippen LogP contribution in [0, 0.1) is 0 Å². The molecule has 0 saturated heterocycles. The third kappa shape index (κ3) is 2.89. The Morgan fingerprint density at radius 3 is 2.81 bits per heavy atom. The smallest absolute Gasteiger partial charge is 0.231 e. The van der Waals surface area contributed by atoms with E-state index in [0.29, 0.717) is 6.54 Å². The summed E-state index contributed by atoms with van der Waals surface area (Å²) in [4.78, 5) is 2.29. The van der Waals surface area contributed by atoms with Crippen molar-refractivity contribution < 1.29 is 13.9 Å². The van der Waals surface area contributed by atoms with E-state index in [1.165, 1.54) is 0 Å². The summed E-state index contributed by atoms with van der Waals surface area (Å²) >= 11 is 0. The summed E-state index contributed by atoms with van der Waals surface area (Å²) in [5.41, 5.74) is 7.15. The summed E-state index contributed by atoms with van der Waals surface area (Å²) in [6.07, 6.45) is 1.70. The van der Waals surface area contributed by atoms with Gasteiger partial charge in [-0.3, -0.25) is 4.90 Å². The molecule has 0 spiro atoms. The van der Waals surface area contributed by atoms with Gasteiger partial charge in [-0.15, -0.1) is 0 Å². The van der Waals surface area contributed by atoms with Gasteiger partial charge in [0.1, 0.15) is 5.76 Å². The molecule has 112 valence electrons. The number of benzene rings is 1. The molecule has 3 rings (SSSR count). The molecular weight excluding hydrogens is 268 g/mol. The number of ether oxygens (including phenoxy) is 2. The number of furan rings is 1. The molecule has 2 N–H and O–H groups in total. The first-order valence-electron chi connectivity index (χ1n) is 7.18. The minimum absolute atomic E-state index is 0.120. The molecular formula is C16H20N2O3. The Morgan fingerprint density at radius 2 is 2.10 bits per heavy atom. The Hall–Kier alpha value is -1.98. The standard InChI is InChI=1S/C16H20N2O3/c1-2-18(10-13-4-3-7-19-13)14(9-17)12-5-6-15-16(8-12)21-11-20-15/h3-8,14H,2,9-11,17H2,1H3. The van der Waals surface area contributed by atoms with Crippen LogP contribution in [0.1, 0.15) is 24.3 Å².